The molecule has 0 aliphatic heterocycles. The minimum atomic E-state index is -1.41. The van der Waals surface area contributed by atoms with E-state index in [0.29, 0.717) is 17.0 Å². The summed E-state index contributed by atoms with van der Waals surface area (Å²) in [5.74, 6) is -0.989. The predicted molar refractivity (Wildman–Crippen MR) is 64.9 cm³/mol. The fourth-order valence-corrected chi connectivity index (χ4v) is 1.24. The highest BCUT2D eigenvalue weighted by Gasteiger charge is 2.14. The van der Waals surface area contributed by atoms with Crippen molar-refractivity contribution < 1.29 is 19.4 Å². The number of aliphatic hydroxyl groups excluding tert-OH is 1. The Hall–Kier alpha value is -2.28. The lowest BCUT2D eigenvalue weighted by Gasteiger charge is -2.10. The molecule has 1 unspecified atom stereocenters. The number of nitrogen functional groups attached to an aromatic ring is 1. The van der Waals surface area contributed by atoms with Crippen molar-refractivity contribution in [2.45, 2.75) is 6.10 Å². The third-order valence-corrected chi connectivity index (χ3v) is 2.28. The number of primary amides is 1. The molecule has 6 N–H and O–H groups in total. The number of hydrogen-bond donors (Lipinski definition) is 4. The molecular weight excluding hydrogens is 238 g/mol. The summed E-state index contributed by atoms with van der Waals surface area (Å²) in [6.45, 7) is -0.249. The van der Waals surface area contributed by atoms with Crippen LogP contribution in [0.5, 0.6) is 5.75 Å². The van der Waals surface area contributed by atoms with Crippen LogP contribution in [0.15, 0.2) is 18.2 Å². The third-order valence-electron chi connectivity index (χ3n) is 2.28. The molecule has 2 amide bonds. The second kappa shape index (κ2) is 5.87. The maximum atomic E-state index is 11.7. The topological polar surface area (TPSA) is 128 Å². The van der Waals surface area contributed by atoms with E-state index in [2.05, 4.69) is 5.32 Å². The standard InChI is InChI=1S/C11H15N3O4/c1-18-9-4-6(2-3-7(9)12)11(17)14-5-8(15)10(13)16/h2-4,8,15H,5,12H2,1H3,(H2,13,16)(H,14,17). The van der Waals surface area contributed by atoms with E-state index in [1.807, 2.05) is 0 Å². The van der Waals surface area contributed by atoms with E-state index in [4.69, 9.17) is 21.3 Å². The highest BCUT2D eigenvalue weighted by molar-refractivity contribution is 5.95. The zero-order valence-corrected chi connectivity index (χ0v) is 9.84. The fraction of sp³-hybridized carbons (Fsp3) is 0.273. The van der Waals surface area contributed by atoms with Gasteiger partial charge in [-0.15, -0.1) is 0 Å². The molecule has 1 rings (SSSR count). The Balaban J connectivity index is 2.70. The lowest BCUT2D eigenvalue weighted by Crippen LogP contribution is -2.39. The molecule has 0 heterocycles. The summed E-state index contributed by atoms with van der Waals surface area (Å²) in [6, 6.07) is 4.49. The Morgan fingerprint density at radius 2 is 2.17 bits per heavy atom. The molecule has 0 saturated heterocycles. The Bertz CT molecular complexity index is 462. The van der Waals surface area contributed by atoms with E-state index in [1.54, 1.807) is 0 Å². The van der Waals surface area contributed by atoms with Crippen molar-refractivity contribution in [3.63, 3.8) is 0 Å². The number of benzene rings is 1. The van der Waals surface area contributed by atoms with E-state index < -0.39 is 17.9 Å². The molecule has 7 nitrogen and oxygen atoms in total. The summed E-state index contributed by atoms with van der Waals surface area (Å²) in [6.07, 6.45) is -1.41. The van der Waals surface area contributed by atoms with E-state index in [1.165, 1.54) is 25.3 Å². The van der Waals surface area contributed by atoms with Gasteiger partial charge in [-0.05, 0) is 18.2 Å². The average Bonchev–Trinajstić information content (AvgIpc) is 2.35. The molecule has 98 valence electrons. The van der Waals surface area contributed by atoms with Crippen molar-refractivity contribution in [2.24, 2.45) is 5.73 Å². The van der Waals surface area contributed by atoms with E-state index in [9.17, 15) is 9.59 Å². The molecule has 1 atom stereocenters. The molecule has 0 spiro atoms. The molecule has 0 aliphatic carbocycles. The lowest BCUT2D eigenvalue weighted by atomic mass is 10.1. The molecule has 7 heteroatoms. The van der Waals surface area contributed by atoms with Gasteiger partial charge in [-0.2, -0.15) is 0 Å². The minimum absolute atomic E-state index is 0.249. The number of hydrogen-bond acceptors (Lipinski definition) is 5. The highest BCUT2D eigenvalue weighted by atomic mass is 16.5. The van der Waals surface area contributed by atoms with Crippen LogP contribution in [0.2, 0.25) is 0 Å². The van der Waals surface area contributed by atoms with Crippen LogP contribution in [0.1, 0.15) is 10.4 Å². The lowest BCUT2D eigenvalue weighted by molar-refractivity contribution is -0.125. The minimum Gasteiger partial charge on any atom is -0.495 e. The van der Waals surface area contributed by atoms with Crippen LogP contribution >= 0.6 is 0 Å². The van der Waals surface area contributed by atoms with Gasteiger partial charge < -0.3 is 26.6 Å². The van der Waals surface area contributed by atoms with Crippen molar-refractivity contribution >= 4 is 17.5 Å². The fourth-order valence-electron chi connectivity index (χ4n) is 1.24. The quantitative estimate of drug-likeness (QED) is 0.493. The summed E-state index contributed by atoms with van der Waals surface area (Å²) in [5.41, 5.74) is 11.2. The van der Waals surface area contributed by atoms with Gasteiger partial charge >= 0.3 is 0 Å². The SMILES string of the molecule is COc1cc(C(=O)NCC(O)C(N)=O)ccc1N. The Morgan fingerprint density at radius 3 is 2.72 bits per heavy atom. The van der Waals surface area contributed by atoms with E-state index in [0.717, 1.165) is 0 Å². The number of anilines is 1. The second-order valence-electron chi connectivity index (χ2n) is 3.58. The van der Waals surface area contributed by atoms with Crippen molar-refractivity contribution in [1.82, 2.24) is 5.32 Å². The van der Waals surface area contributed by atoms with Crippen LogP contribution in [-0.4, -0.2) is 36.7 Å². The number of nitrogens with two attached hydrogens (primary N) is 2. The maximum Gasteiger partial charge on any atom is 0.251 e. The van der Waals surface area contributed by atoms with Crippen LogP contribution in [-0.2, 0) is 4.79 Å². The molecule has 1 aromatic rings. The molecule has 0 aliphatic rings. The molecule has 18 heavy (non-hydrogen) atoms. The Labute approximate surface area is 104 Å². The number of rotatable bonds is 5. The number of ether oxygens (including phenoxy) is 1. The van der Waals surface area contributed by atoms with E-state index >= 15 is 0 Å². The molecular formula is C11H15N3O4. The predicted octanol–water partition coefficient (Wildman–Crippen LogP) is -1.15. The van der Waals surface area contributed by atoms with Gasteiger partial charge in [-0.3, -0.25) is 9.59 Å². The summed E-state index contributed by atoms with van der Waals surface area (Å²) < 4.78 is 4.97. The van der Waals surface area contributed by atoms with Crippen molar-refractivity contribution in [2.75, 3.05) is 19.4 Å². The molecule has 0 fully saturated rings. The first kappa shape index (κ1) is 13.8. The summed E-state index contributed by atoms with van der Waals surface area (Å²) in [4.78, 5) is 22.3. The van der Waals surface area contributed by atoms with Gasteiger partial charge in [0.25, 0.3) is 5.91 Å². The molecule has 1 aromatic carbocycles. The normalized spacial score (nSPS) is 11.7. The molecule has 0 bridgehead atoms. The Kier molecular flexibility index (Phi) is 4.50. The first-order chi connectivity index (χ1) is 8.45. The monoisotopic (exact) mass is 253 g/mol. The zero-order chi connectivity index (χ0) is 13.7. The number of amides is 2. The van der Waals surface area contributed by atoms with Gasteiger partial charge in [0.05, 0.1) is 19.3 Å². The smallest absolute Gasteiger partial charge is 0.251 e. The Morgan fingerprint density at radius 1 is 1.50 bits per heavy atom. The van der Waals surface area contributed by atoms with Crippen LogP contribution in [0.3, 0.4) is 0 Å². The summed E-state index contributed by atoms with van der Waals surface area (Å²) in [7, 11) is 1.43. The average molecular weight is 253 g/mol. The number of carbonyl (C=O) groups excluding carboxylic acids is 2. The maximum absolute atomic E-state index is 11.7. The summed E-state index contributed by atoms with van der Waals surface area (Å²) >= 11 is 0. The first-order valence-electron chi connectivity index (χ1n) is 5.14. The molecule has 0 aromatic heterocycles. The van der Waals surface area contributed by atoms with Crippen LogP contribution in [0, 0.1) is 0 Å². The van der Waals surface area contributed by atoms with Gasteiger partial charge in [0.1, 0.15) is 11.9 Å². The molecule has 0 saturated carbocycles. The summed E-state index contributed by atoms with van der Waals surface area (Å²) in [5, 5.41) is 11.5. The third kappa shape index (κ3) is 3.36. The van der Waals surface area contributed by atoms with Crippen LogP contribution in [0.25, 0.3) is 0 Å². The zero-order valence-electron chi connectivity index (χ0n) is 9.84. The van der Waals surface area contributed by atoms with Crippen LogP contribution in [0.4, 0.5) is 5.69 Å². The van der Waals surface area contributed by atoms with Crippen molar-refractivity contribution in [3.05, 3.63) is 23.8 Å². The number of carbonyl (C=O) groups is 2. The van der Waals surface area contributed by atoms with Gasteiger partial charge in [-0.25, -0.2) is 0 Å². The van der Waals surface area contributed by atoms with Gasteiger partial charge in [0, 0.05) is 5.56 Å². The van der Waals surface area contributed by atoms with Gasteiger partial charge in [0.2, 0.25) is 5.91 Å². The van der Waals surface area contributed by atoms with Crippen molar-refractivity contribution in [3.8, 4) is 5.75 Å². The van der Waals surface area contributed by atoms with E-state index in [-0.39, 0.29) is 6.54 Å². The number of methoxy groups -OCH3 is 1. The molecule has 0 radical (unpaired) electrons. The van der Waals surface area contributed by atoms with Gasteiger partial charge in [-0.1, -0.05) is 0 Å². The van der Waals surface area contributed by atoms with Crippen molar-refractivity contribution in [1.29, 1.82) is 0 Å². The van der Waals surface area contributed by atoms with Gasteiger partial charge in [0.15, 0.2) is 0 Å². The second-order valence-corrected chi connectivity index (χ2v) is 3.58. The first-order valence-corrected chi connectivity index (χ1v) is 5.14. The number of nitrogens with one attached hydrogen (secondary N) is 1. The largest absolute Gasteiger partial charge is 0.495 e. The highest BCUT2D eigenvalue weighted by Crippen LogP contribution is 2.21. The number of aliphatic hydroxyl groups is 1. The van der Waals surface area contributed by atoms with Crippen LogP contribution < -0.4 is 21.5 Å².